The number of amides is 3. The van der Waals surface area contributed by atoms with Crippen LogP contribution in [0.2, 0.25) is 0 Å². The van der Waals surface area contributed by atoms with Gasteiger partial charge in [0.2, 0.25) is 15.9 Å². The molecule has 4 N–H and O–H groups in total. The second-order valence-corrected chi connectivity index (χ2v) is 7.32. The van der Waals surface area contributed by atoms with Crippen molar-refractivity contribution in [1.29, 1.82) is 0 Å². The SMILES string of the molecule is CS(=O)(=O)Nc1cccc(NC(=O)N2CCC[C@H](C(N)=O)C2)c1. The molecule has 1 atom stereocenters. The van der Waals surface area contributed by atoms with Crippen molar-refractivity contribution in [3.8, 4) is 0 Å². The molecule has 0 aromatic heterocycles. The number of hydrogen-bond donors (Lipinski definition) is 3. The summed E-state index contributed by atoms with van der Waals surface area (Å²) in [6, 6.07) is 6.05. The maximum Gasteiger partial charge on any atom is 0.321 e. The molecule has 1 heterocycles. The summed E-state index contributed by atoms with van der Waals surface area (Å²) in [5.41, 5.74) is 6.12. The summed E-state index contributed by atoms with van der Waals surface area (Å²) in [4.78, 5) is 25.1. The van der Waals surface area contributed by atoms with E-state index in [1.165, 1.54) is 11.0 Å². The highest BCUT2D eigenvalue weighted by atomic mass is 32.2. The fraction of sp³-hybridized carbons (Fsp3) is 0.429. The summed E-state index contributed by atoms with van der Waals surface area (Å²) in [6.07, 6.45) is 2.46. The Morgan fingerprint density at radius 1 is 1.30 bits per heavy atom. The molecule has 9 heteroatoms. The van der Waals surface area contributed by atoms with Crippen molar-refractivity contribution in [2.45, 2.75) is 12.8 Å². The van der Waals surface area contributed by atoms with Crippen LogP contribution in [0.1, 0.15) is 12.8 Å². The molecule has 1 fully saturated rings. The molecule has 2 rings (SSSR count). The van der Waals surface area contributed by atoms with E-state index in [9.17, 15) is 18.0 Å². The molecule has 3 amide bonds. The van der Waals surface area contributed by atoms with Gasteiger partial charge < -0.3 is 16.0 Å². The molecule has 1 aliphatic heterocycles. The number of likely N-dealkylation sites (tertiary alicyclic amines) is 1. The third-order valence-corrected chi connectivity index (χ3v) is 4.13. The third kappa shape index (κ3) is 5.13. The number of primary amides is 1. The first-order valence-corrected chi connectivity index (χ1v) is 9.07. The van der Waals surface area contributed by atoms with Gasteiger partial charge in [0.15, 0.2) is 0 Å². The van der Waals surface area contributed by atoms with Gasteiger partial charge in [-0.25, -0.2) is 13.2 Å². The highest BCUT2D eigenvalue weighted by Crippen LogP contribution is 2.19. The van der Waals surface area contributed by atoms with Crippen LogP contribution in [0.3, 0.4) is 0 Å². The first-order chi connectivity index (χ1) is 10.7. The number of nitrogens with two attached hydrogens (primary N) is 1. The van der Waals surface area contributed by atoms with Crippen molar-refractivity contribution >= 4 is 33.3 Å². The van der Waals surface area contributed by atoms with Crippen LogP contribution in [0.15, 0.2) is 24.3 Å². The second kappa shape index (κ2) is 6.86. The highest BCUT2D eigenvalue weighted by molar-refractivity contribution is 7.92. The van der Waals surface area contributed by atoms with Crippen LogP contribution in [0.5, 0.6) is 0 Å². The number of piperidine rings is 1. The summed E-state index contributed by atoms with van der Waals surface area (Å²) in [5, 5.41) is 2.70. The fourth-order valence-electron chi connectivity index (χ4n) is 2.47. The van der Waals surface area contributed by atoms with Crippen molar-refractivity contribution in [1.82, 2.24) is 4.90 Å². The van der Waals surface area contributed by atoms with Gasteiger partial charge in [-0.2, -0.15) is 0 Å². The Hall–Kier alpha value is -2.29. The molecule has 0 aliphatic carbocycles. The van der Waals surface area contributed by atoms with Gasteiger partial charge in [0.1, 0.15) is 0 Å². The summed E-state index contributed by atoms with van der Waals surface area (Å²) in [5.74, 6) is -0.727. The average Bonchev–Trinajstić information content (AvgIpc) is 2.46. The lowest BCUT2D eigenvalue weighted by atomic mass is 9.98. The number of benzene rings is 1. The van der Waals surface area contributed by atoms with Gasteiger partial charge in [-0.3, -0.25) is 9.52 Å². The van der Waals surface area contributed by atoms with Gasteiger partial charge in [-0.15, -0.1) is 0 Å². The fourth-order valence-corrected chi connectivity index (χ4v) is 3.03. The minimum absolute atomic E-state index is 0.294. The number of carbonyl (C=O) groups excluding carboxylic acids is 2. The molecule has 0 bridgehead atoms. The molecular weight excluding hydrogens is 320 g/mol. The zero-order chi connectivity index (χ0) is 17.0. The first-order valence-electron chi connectivity index (χ1n) is 7.18. The van der Waals surface area contributed by atoms with Crippen molar-refractivity contribution in [3.05, 3.63) is 24.3 Å². The Balaban J connectivity index is 2.02. The van der Waals surface area contributed by atoms with E-state index in [1.54, 1.807) is 18.2 Å². The standard InChI is InChI=1S/C14H20N4O4S/c1-23(21,22)17-12-6-2-5-11(8-12)16-14(20)18-7-3-4-10(9-18)13(15)19/h2,5-6,8,10,17H,3-4,7,9H2,1H3,(H2,15,19)(H,16,20)/t10-/m0/s1. The van der Waals surface area contributed by atoms with E-state index >= 15 is 0 Å². The number of anilines is 2. The molecule has 0 saturated carbocycles. The topological polar surface area (TPSA) is 122 Å². The molecule has 0 unspecified atom stereocenters. The van der Waals surface area contributed by atoms with Crippen LogP contribution >= 0.6 is 0 Å². The van der Waals surface area contributed by atoms with Gasteiger partial charge in [0.25, 0.3) is 0 Å². The van der Waals surface area contributed by atoms with E-state index < -0.39 is 15.9 Å². The smallest absolute Gasteiger partial charge is 0.321 e. The number of sulfonamides is 1. The molecule has 1 aromatic rings. The number of nitrogens with one attached hydrogen (secondary N) is 2. The van der Waals surface area contributed by atoms with Gasteiger partial charge in [-0.05, 0) is 31.0 Å². The van der Waals surface area contributed by atoms with E-state index in [0.29, 0.717) is 30.9 Å². The Bertz CT molecular complexity index is 704. The minimum atomic E-state index is -3.38. The Morgan fingerprint density at radius 3 is 2.65 bits per heavy atom. The quantitative estimate of drug-likeness (QED) is 0.750. The monoisotopic (exact) mass is 340 g/mol. The number of nitrogens with zero attached hydrogens (tertiary/aromatic N) is 1. The van der Waals surface area contributed by atoms with E-state index in [2.05, 4.69) is 10.0 Å². The van der Waals surface area contributed by atoms with Gasteiger partial charge in [0.05, 0.1) is 17.9 Å². The third-order valence-electron chi connectivity index (χ3n) is 3.53. The lowest BCUT2D eigenvalue weighted by Gasteiger charge is -2.31. The summed E-state index contributed by atoms with van der Waals surface area (Å²) >= 11 is 0. The van der Waals surface area contributed by atoms with Crippen LogP contribution in [-0.2, 0) is 14.8 Å². The average molecular weight is 340 g/mol. The molecule has 23 heavy (non-hydrogen) atoms. The van der Waals surface area contributed by atoms with Crippen LogP contribution in [0.4, 0.5) is 16.2 Å². The Labute approximate surface area is 135 Å². The number of carbonyl (C=O) groups is 2. The van der Waals surface area contributed by atoms with E-state index in [1.807, 2.05) is 0 Å². The van der Waals surface area contributed by atoms with Crippen molar-refractivity contribution in [3.63, 3.8) is 0 Å². The summed E-state index contributed by atoms with van der Waals surface area (Å²) < 4.78 is 24.8. The molecular formula is C14H20N4O4S. The van der Waals surface area contributed by atoms with Crippen molar-refractivity contribution < 1.29 is 18.0 Å². The zero-order valence-corrected chi connectivity index (χ0v) is 13.6. The molecule has 1 aliphatic rings. The van der Waals surface area contributed by atoms with Crippen LogP contribution < -0.4 is 15.8 Å². The molecule has 1 saturated heterocycles. The number of urea groups is 1. The summed E-state index contributed by atoms with van der Waals surface area (Å²) in [7, 11) is -3.38. The van der Waals surface area contributed by atoms with Crippen LogP contribution in [0.25, 0.3) is 0 Å². The highest BCUT2D eigenvalue weighted by Gasteiger charge is 2.26. The molecule has 126 valence electrons. The summed E-state index contributed by atoms with van der Waals surface area (Å²) in [6.45, 7) is 0.847. The lowest BCUT2D eigenvalue weighted by Crippen LogP contribution is -2.45. The largest absolute Gasteiger partial charge is 0.369 e. The van der Waals surface area contributed by atoms with Gasteiger partial charge in [-0.1, -0.05) is 6.07 Å². The van der Waals surface area contributed by atoms with Crippen molar-refractivity contribution in [2.24, 2.45) is 11.7 Å². The van der Waals surface area contributed by atoms with E-state index in [-0.39, 0.29) is 11.9 Å². The van der Waals surface area contributed by atoms with E-state index in [0.717, 1.165) is 12.7 Å². The second-order valence-electron chi connectivity index (χ2n) is 5.57. The Morgan fingerprint density at radius 2 is 2.00 bits per heavy atom. The first kappa shape index (κ1) is 17.1. The molecule has 1 aromatic carbocycles. The molecule has 0 radical (unpaired) electrons. The Kier molecular flexibility index (Phi) is 5.09. The molecule has 0 spiro atoms. The predicted molar refractivity (Wildman–Crippen MR) is 87.4 cm³/mol. The molecule has 8 nitrogen and oxygen atoms in total. The maximum absolute atomic E-state index is 12.3. The minimum Gasteiger partial charge on any atom is -0.369 e. The predicted octanol–water partition coefficient (Wildman–Crippen LogP) is 0.787. The van der Waals surface area contributed by atoms with Crippen molar-refractivity contribution in [2.75, 3.05) is 29.4 Å². The number of rotatable bonds is 4. The zero-order valence-electron chi connectivity index (χ0n) is 12.8. The van der Waals surface area contributed by atoms with Gasteiger partial charge >= 0.3 is 6.03 Å². The normalized spacial score (nSPS) is 18.3. The van der Waals surface area contributed by atoms with Gasteiger partial charge in [0, 0.05) is 18.8 Å². The number of hydrogen-bond acceptors (Lipinski definition) is 4. The van der Waals surface area contributed by atoms with Crippen LogP contribution in [-0.4, -0.2) is 44.6 Å². The van der Waals surface area contributed by atoms with Crippen LogP contribution in [0, 0.1) is 5.92 Å². The lowest BCUT2D eigenvalue weighted by molar-refractivity contribution is -0.123. The van der Waals surface area contributed by atoms with E-state index in [4.69, 9.17) is 5.73 Å². The maximum atomic E-state index is 12.3.